The molecule has 0 aliphatic rings. The molecule has 0 amide bonds. The summed E-state index contributed by atoms with van der Waals surface area (Å²) in [6.45, 7) is 6.19. The maximum atomic E-state index is 13.8. The van der Waals surface area contributed by atoms with Crippen molar-refractivity contribution in [2.75, 3.05) is 5.32 Å². The van der Waals surface area contributed by atoms with Crippen molar-refractivity contribution in [2.24, 2.45) is 0 Å². The Balaban J connectivity index is 2.43. The molecule has 0 saturated carbocycles. The zero-order chi connectivity index (χ0) is 14.0. The quantitative estimate of drug-likeness (QED) is 0.850. The molecule has 100 valence electrons. The lowest BCUT2D eigenvalue weighted by Crippen LogP contribution is -2.03. The van der Waals surface area contributed by atoms with Gasteiger partial charge in [-0.2, -0.15) is 0 Å². The second-order valence-electron chi connectivity index (χ2n) is 4.80. The van der Waals surface area contributed by atoms with Crippen molar-refractivity contribution in [3.05, 3.63) is 52.4 Å². The highest BCUT2D eigenvalue weighted by molar-refractivity contribution is 6.30. The fraction of sp³-hybridized carbons (Fsp3) is 0.267. The number of halogens is 2. The Morgan fingerprint density at radius 2 is 2.05 bits per heavy atom. The highest BCUT2D eigenvalue weighted by Crippen LogP contribution is 2.30. The first-order valence-electron chi connectivity index (χ1n) is 6.16. The highest BCUT2D eigenvalue weighted by atomic mass is 35.5. The van der Waals surface area contributed by atoms with Gasteiger partial charge in [0.05, 0.1) is 5.02 Å². The van der Waals surface area contributed by atoms with Gasteiger partial charge in [-0.05, 0) is 30.0 Å². The summed E-state index contributed by atoms with van der Waals surface area (Å²) in [6.07, 6.45) is 1.43. The lowest BCUT2D eigenvalue weighted by Gasteiger charge is -2.17. The Morgan fingerprint density at radius 3 is 2.68 bits per heavy atom. The molecule has 2 rings (SSSR count). The SMILES string of the molecule is Cc1cccc(C(C)C)c1Nc1ncc(Cl)cc1F. The zero-order valence-electron chi connectivity index (χ0n) is 11.2. The average molecular weight is 279 g/mol. The maximum absolute atomic E-state index is 13.8. The van der Waals surface area contributed by atoms with E-state index >= 15 is 0 Å². The topological polar surface area (TPSA) is 24.9 Å². The minimum Gasteiger partial charge on any atom is -0.337 e. The van der Waals surface area contributed by atoms with Gasteiger partial charge in [-0.1, -0.05) is 43.6 Å². The predicted molar refractivity (Wildman–Crippen MR) is 77.8 cm³/mol. The van der Waals surface area contributed by atoms with Gasteiger partial charge in [0.25, 0.3) is 0 Å². The number of hydrogen-bond donors (Lipinski definition) is 1. The molecule has 0 saturated heterocycles. The van der Waals surface area contributed by atoms with Gasteiger partial charge >= 0.3 is 0 Å². The molecule has 0 aliphatic heterocycles. The van der Waals surface area contributed by atoms with Crippen LogP contribution in [0.2, 0.25) is 5.02 Å². The van der Waals surface area contributed by atoms with Crippen LogP contribution < -0.4 is 5.32 Å². The molecule has 0 atom stereocenters. The van der Waals surface area contributed by atoms with Crippen molar-refractivity contribution >= 4 is 23.1 Å². The van der Waals surface area contributed by atoms with E-state index in [1.54, 1.807) is 0 Å². The van der Waals surface area contributed by atoms with Crippen LogP contribution in [0.25, 0.3) is 0 Å². The van der Waals surface area contributed by atoms with Gasteiger partial charge in [0.2, 0.25) is 0 Å². The Bertz CT molecular complexity index is 597. The normalized spacial score (nSPS) is 10.8. The van der Waals surface area contributed by atoms with Crippen molar-refractivity contribution < 1.29 is 4.39 Å². The number of rotatable bonds is 3. The van der Waals surface area contributed by atoms with E-state index < -0.39 is 5.82 Å². The van der Waals surface area contributed by atoms with E-state index in [0.717, 1.165) is 16.8 Å². The summed E-state index contributed by atoms with van der Waals surface area (Å²) in [5.41, 5.74) is 3.10. The van der Waals surface area contributed by atoms with E-state index in [0.29, 0.717) is 5.92 Å². The van der Waals surface area contributed by atoms with Crippen molar-refractivity contribution in [3.63, 3.8) is 0 Å². The van der Waals surface area contributed by atoms with E-state index in [2.05, 4.69) is 24.1 Å². The number of anilines is 2. The van der Waals surface area contributed by atoms with E-state index in [9.17, 15) is 4.39 Å². The molecule has 0 aliphatic carbocycles. The molecule has 0 bridgehead atoms. The predicted octanol–water partition coefficient (Wildman–Crippen LogP) is 5.05. The highest BCUT2D eigenvalue weighted by Gasteiger charge is 2.12. The summed E-state index contributed by atoms with van der Waals surface area (Å²) >= 11 is 5.70. The summed E-state index contributed by atoms with van der Waals surface area (Å²) in [5.74, 6) is 0.0869. The lowest BCUT2D eigenvalue weighted by atomic mass is 9.98. The van der Waals surface area contributed by atoms with Gasteiger partial charge in [0, 0.05) is 11.9 Å². The van der Waals surface area contributed by atoms with Crippen LogP contribution in [0.15, 0.2) is 30.5 Å². The molecular formula is C15H16ClFN2. The van der Waals surface area contributed by atoms with Gasteiger partial charge in [-0.15, -0.1) is 0 Å². The number of hydrogen-bond acceptors (Lipinski definition) is 2. The fourth-order valence-corrected chi connectivity index (χ4v) is 2.11. The molecule has 1 N–H and O–H groups in total. The number of benzene rings is 1. The lowest BCUT2D eigenvalue weighted by molar-refractivity contribution is 0.626. The smallest absolute Gasteiger partial charge is 0.167 e. The molecule has 0 radical (unpaired) electrons. The van der Waals surface area contributed by atoms with Crippen LogP contribution in [0.5, 0.6) is 0 Å². The van der Waals surface area contributed by atoms with Crippen molar-refractivity contribution in [2.45, 2.75) is 26.7 Å². The number of nitrogens with zero attached hydrogens (tertiary/aromatic N) is 1. The van der Waals surface area contributed by atoms with Crippen LogP contribution in [0.3, 0.4) is 0 Å². The molecule has 0 unspecified atom stereocenters. The molecule has 1 aromatic carbocycles. The van der Waals surface area contributed by atoms with Gasteiger partial charge < -0.3 is 5.32 Å². The average Bonchev–Trinajstić information content (AvgIpc) is 2.34. The number of para-hydroxylation sites is 1. The Kier molecular flexibility index (Phi) is 4.05. The molecule has 0 spiro atoms. The Morgan fingerprint density at radius 1 is 1.32 bits per heavy atom. The first-order valence-corrected chi connectivity index (χ1v) is 6.54. The van der Waals surface area contributed by atoms with E-state index in [1.807, 2.05) is 25.1 Å². The maximum Gasteiger partial charge on any atom is 0.167 e. The molecule has 1 heterocycles. The van der Waals surface area contributed by atoms with Gasteiger partial charge in [-0.25, -0.2) is 9.37 Å². The van der Waals surface area contributed by atoms with E-state index in [1.165, 1.54) is 12.3 Å². The molecule has 2 nitrogen and oxygen atoms in total. The third-order valence-corrected chi connectivity index (χ3v) is 3.18. The van der Waals surface area contributed by atoms with Crippen LogP contribution in [-0.4, -0.2) is 4.98 Å². The third kappa shape index (κ3) is 3.04. The molecule has 0 fully saturated rings. The minimum absolute atomic E-state index is 0.195. The summed E-state index contributed by atoms with van der Waals surface area (Å²) < 4.78 is 13.8. The number of pyridine rings is 1. The van der Waals surface area contributed by atoms with E-state index in [-0.39, 0.29) is 10.8 Å². The first kappa shape index (κ1) is 13.8. The largest absolute Gasteiger partial charge is 0.337 e. The molecule has 19 heavy (non-hydrogen) atoms. The van der Waals surface area contributed by atoms with E-state index in [4.69, 9.17) is 11.6 Å². The molecule has 1 aromatic heterocycles. The second kappa shape index (κ2) is 5.57. The zero-order valence-corrected chi connectivity index (χ0v) is 11.9. The Hall–Kier alpha value is -1.61. The summed E-state index contributed by atoms with van der Waals surface area (Å²) in [5, 5.41) is 3.36. The monoisotopic (exact) mass is 278 g/mol. The first-order chi connectivity index (χ1) is 8.99. The molecule has 4 heteroatoms. The van der Waals surface area contributed by atoms with Crippen LogP contribution in [0, 0.1) is 12.7 Å². The summed E-state index contributed by atoms with van der Waals surface area (Å²) in [7, 11) is 0. The van der Waals surface area contributed by atoms with Crippen molar-refractivity contribution in [1.82, 2.24) is 4.98 Å². The van der Waals surface area contributed by atoms with Crippen LogP contribution >= 0.6 is 11.6 Å². The standard InChI is InChI=1S/C15H16ClFN2/c1-9(2)12-6-4-5-10(3)14(12)19-15-13(17)7-11(16)8-18-15/h4-9H,1-3H3,(H,18,19). The van der Waals surface area contributed by atoms with Crippen molar-refractivity contribution in [3.8, 4) is 0 Å². The van der Waals surface area contributed by atoms with Gasteiger partial charge in [0.1, 0.15) is 0 Å². The molecular weight excluding hydrogens is 263 g/mol. The second-order valence-corrected chi connectivity index (χ2v) is 5.24. The van der Waals surface area contributed by atoms with Crippen LogP contribution in [-0.2, 0) is 0 Å². The Labute approximate surface area is 117 Å². The van der Waals surface area contributed by atoms with Gasteiger partial charge in [0.15, 0.2) is 11.6 Å². The van der Waals surface area contributed by atoms with Crippen LogP contribution in [0.4, 0.5) is 15.9 Å². The van der Waals surface area contributed by atoms with Crippen molar-refractivity contribution in [1.29, 1.82) is 0 Å². The minimum atomic E-state index is -0.453. The number of aryl methyl sites for hydroxylation is 1. The number of aromatic nitrogens is 1. The summed E-state index contributed by atoms with van der Waals surface area (Å²) in [6, 6.07) is 7.28. The molecule has 2 aromatic rings. The number of nitrogens with one attached hydrogen (secondary N) is 1. The van der Waals surface area contributed by atoms with Gasteiger partial charge in [-0.3, -0.25) is 0 Å². The fourth-order valence-electron chi connectivity index (χ4n) is 1.97. The summed E-state index contributed by atoms with van der Waals surface area (Å²) in [4.78, 5) is 4.00. The van der Waals surface area contributed by atoms with Crippen LogP contribution in [0.1, 0.15) is 30.9 Å². The third-order valence-electron chi connectivity index (χ3n) is 2.98.